The number of rotatable bonds is 10. The molecular formula is C30H31ClN2O3. The van der Waals surface area contributed by atoms with E-state index in [9.17, 15) is 9.90 Å². The number of carboxylic acid groups (broad SMARTS) is 1. The summed E-state index contributed by atoms with van der Waals surface area (Å²) in [7, 11) is 2.04. The second kappa shape index (κ2) is 11.5. The quantitative estimate of drug-likeness (QED) is 0.228. The molecule has 5 nitrogen and oxygen atoms in total. The van der Waals surface area contributed by atoms with E-state index in [0.29, 0.717) is 23.7 Å². The normalized spacial score (nSPS) is 12.0. The number of aryl methyl sites for hydroxylation is 1. The van der Waals surface area contributed by atoms with Gasteiger partial charge in [0.25, 0.3) is 0 Å². The lowest BCUT2D eigenvalue weighted by atomic mass is 9.88. The molecule has 0 spiro atoms. The number of aromatic nitrogens is 1. The molecule has 0 amide bonds. The Morgan fingerprint density at radius 1 is 1.08 bits per heavy atom. The van der Waals surface area contributed by atoms with Crippen LogP contribution in [0.2, 0.25) is 5.02 Å². The van der Waals surface area contributed by atoms with Crippen LogP contribution in [0.15, 0.2) is 72.8 Å². The number of para-hydroxylation sites is 1. The van der Waals surface area contributed by atoms with Gasteiger partial charge in [-0.25, -0.2) is 4.79 Å². The van der Waals surface area contributed by atoms with Gasteiger partial charge >= 0.3 is 5.97 Å². The molecule has 36 heavy (non-hydrogen) atoms. The lowest BCUT2D eigenvalue weighted by molar-refractivity contribution is -0.151. The standard InChI is InChI=1S/C30H31ClN2O3/c1-4-5-17-36-29(30(34)35)27-20(2)18-26-25(28(27)21-11-13-22(31)14-12-21)16-15-23(32-26)19-33(3)24-9-7-6-8-10-24/h6-16,18,29H,4-5,17,19H2,1-3H3,(H,34,35). The summed E-state index contributed by atoms with van der Waals surface area (Å²) in [6, 6.07) is 23.7. The Morgan fingerprint density at radius 3 is 2.47 bits per heavy atom. The first-order chi connectivity index (χ1) is 17.4. The number of aliphatic carboxylic acids is 1. The highest BCUT2D eigenvalue weighted by Gasteiger charge is 2.28. The van der Waals surface area contributed by atoms with Crippen molar-refractivity contribution >= 4 is 34.2 Å². The van der Waals surface area contributed by atoms with Crippen LogP contribution in [0, 0.1) is 6.92 Å². The molecule has 1 N–H and O–H groups in total. The fourth-order valence-electron chi connectivity index (χ4n) is 4.46. The maximum atomic E-state index is 12.4. The van der Waals surface area contributed by atoms with Crippen molar-refractivity contribution in [3.05, 3.63) is 94.6 Å². The Bertz CT molecular complexity index is 1340. The van der Waals surface area contributed by atoms with E-state index in [2.05, 4.69) is 24.0 Å². The van der Waals surface area contributed by atoms with Crippen LogP contribution in [0.4, 0.5) is 5.69 Å². The second-order valence-electron chi connectivity index (χ2n) is 8.99. The summed E-state index contributed by atoms with van der Waals surface area (Å²) >= 11 is 6.17. The predicted octanol–water partition coefficient (Wildman–Crippen LogP) is 7.44. The number of fused-ring (bicyclic) bond motifs is 1. The summed E-state index contributed by atoms with van der Waals surface area (Å²) in [6.07, 6.45) is 0.652. The van der Waals surface area contributed by atoms with Gasteiger partial charge in [0.1, 0.15) is 0 Å². The van der Waals surface area contributed by atoms with Crippen molar-refractivity contribution < 1.29 is 14.6 Å². The zero-order valence-corrected chi connectivity index (χ0v) is 21.6. The molecule has 0 aliphatic carbocycles. The predicted molar refractivity (Wildman–Crippen MR) is 147 cm³/mol. The number of carboxylic acids is 1. The number of carbonyl (C=O) groups is 1. The van der Waals surface area contributed by atoms with Crippen LogP contribution in [0.25, 0.3) is 22.0 Å². The molecule has 3 aromatic carbocycles. The van der Waals surface area contributed by atoms with E-state index in [1.807, 2.05) is 74.6 Å². The van der Waals surface area contributed by atoms with Crippen LogP contribution in [-0.4, -0.2) is 29.7 Å². The van der Waals surface area contributed by atoms with Gasteiger partial charge in [-0.05, 0) is 66.4 Å². The second-order valence-corrected chi connectivity index (χ2v) is 9.43. The zero-order chi connectivity index (χ0) is 25.7. The Morgan fingerprint density at radius 2 is 1.81 bits per heavy atom. The van der Waals surface area contributed by atoms with Gasteiger partial charge < -0.3 is 14.7 Å². The van der Waals surface area contributed by atoms with Gasteiger partial charge in [0, 0.05) is 35.3 Å². The van der Waals surface area contributed by atoms with Crippen molar-refractivity contribution in [3.8, 4) is 11.1 Å². The lowest BCUT2D eigenvalue weighted by Crippen LogP contribution is -2.19. The summed E-state index contributed by atoms with van der Waals surface area (Å²) in [5, 5.41) is 11.6. The van der Waals surface area contributed by atoms with Crippen LogP contribution >= 0.6 is 11.6 Å². The van der Waals surface area contributed by atoms with Crippen LogP contribution in [0.5, 0.6) is 0 Å². The third-order valence-electron chi connectivity index (χ3n) is 6.30. The smallest absolute Gasteiger partial charge is 0.337 e. The molecule has 4 rings (SSSR count). The van der Waals surface area contributed by atoms with Gasteiger partial charge in [0.05, 0.1) is 17.8 Å². The van der Waals surface area contributed by atoms with Crippen molar-refractivity contribution in [1.82, 2.24) is 4.98 Å². The number of pyridine rings is 1. The number of anilines is 1. The summed E-state index contributed by atoms with van der Waals surface area (Å²) in [6.45, 7) is 5.01. The molecular weight excluding hydrogens is 472 g/mol. The van der Waals surface area contributed by atoms with Gasteiger partial charge in [-0.15, -0.1) is 0 Å². The summed E-state index contributed by atoms with van der Waals surface area (Å²) in [5.74, 6) is -1.00. The molecule has 0 radical (unpaired) electrons. The molecule has 0 saturated heterocycles. The molecule has 186 valence electrons. The van der Waals surface area contributed by atoms with E-state index in [-0.39, 0.29) is 0 Å². The fourth-order valence-corrected chi connectivity index (χ4v) is 4.58. The maximum absolute atomic E-state index is 12.4. The Kier molecular flexibility index (Phi) is 8.24. The number of unbranched alkanes of at least 4 members (excludes halogenated alkanes) is 1. The first-order valence-corrected chi connectivity index (χ1v) is 12.6. The lowest BCUT2D eigenvalue weighted by Gasteiger charge is -2.23. The number of hydrogen-bond donors (Lipinski definition) is 1. The van der Waals surface area contributed by atoms with Gasteiger partial charge in [0.15, 0.2) is 6.10 Å². The summed E-state index contributed by atoms with van der Waals surface area (Å²) in [5.41, 5.74) is 6.04. The van der Waals surface area contributed by atoms with Crippen molar-refractivity contribution in [3.63, 3.8) is 0 Å². The number of benzene rings is 3. The topological polar surface area (TPSA) is 62.7 Å². The van der Waals surface area contributed by atoms with Gasteiger partial charge in [0.2, 0.25) is 0 Å². The average Bonchev–Trinajstić information content (AvgIpc) is 2.87. The Hall–Kier alpha value is -3.41. The van der Waals surface area contributed by atoms with Crippen LogP contribution in [0.1, 0.15) is 42.7 Å². The number of hydrogen-bond acceptors (Lipinski definition) is 4. The molecule has 1 atom stereocenters. The van der Waals surface area contributed by atoms with Crippen molar-refractivity contribution in [2.75, 3.05) is 18.6 Å². The molecule has 4 aromatic rings. The van der Waals surface area contributed by atoms with Gasteiger partial charge in [-0.2, -0.15) is 0 Å². The Balaban J connectivity index is 1.84. The number of nitrogens with zero attached hydrogens (tertiary/aromatic N) is 2. The van der Waals surface area contributed by atoms with E-state index in [1.165, 1.54) is 0 Å². The van der Waals surface area contributed by atoms with Crippen molar-refractivity contribution in [1.29, 1.82) is 0 Å². The van der Waals surface area contributed by atoms with E-state index in [4.69, 9.17) is 21.3 Å². The molecule has 0 saturated carbocycles. The highest BCUT2D eigenvalue weighted by molar-refractivity contribution is 6.30. The third kappa shape index (κ3) is 5.69. The van der Waals surface area contributed by atoms with Crippen LogP contribution in [-0.2, 0) is 16.1 Å². The first-order valence-electron chi connectivity index (χ1n) is 12.2. The molecule has 1 aromatic heterocycles. The minimum Gasteiger partial charge on any atom is -0.479 e. The van der Waals surface area contributed by atoms with Crippen LogP contribution in [0.3, 0.4) is 0 Å². The van der Waals surface area contributed by atoms with Gasteiger partial charge in [-0.3, -0.25) is 4.98 Å². The molecule has 0 fully saturated rings. The first kappa shape index (κ1) is 25.7. The van der Waals surface area contributed by atoms with Crippen LogP contribution < -0.4 is 4.90 Å². The largest absolute Gasteiger partial charge is 0.479 e. The Labute approximate surface area is 217 Å². The average molecular weight is 503 g/mol. The third-order valence-corrected chi connectivity index (χ3v) is 6.55. The summed E-state index contributed by atoms with van der Waals surface area (Å²) < 4.78 is 5.92. The fraction of sp³-hybridized carbons (Fsp3) is 0.267. The van der Waals surface area contributed by atoms with Gasteiger partial charge in [-0.1, -0.05) is 61.3 Å². The van der Waals surface area contributed by atoms with Crippen molar-refractivity contribution in [2.24, 2.45) is 0 Å². The van der Waals surface area contributed by atoms with E-state index >= 15 is 0 Å². The minimum absolute atomic E-state index is 0.383. The highest BCUT2D eigenvalue weighted by Crippen LogP contribution is 2.39. The highest BCUT2D eigenvalue weighted by atomic mass is 35.5. The molecule has 0 bridgehead atoms. The van der Waals surface area contributed by atoms with Crippen molar-refractivity contribution in [2.45, 2.75) is 39.3 Å². The zero-order valence-electron chi connectivity index (χ0n) is 20.9. The number of halogens is 1. The molecule has 1 unspecified atom stereocenters. The molecule has 6 heteroatoms. The van der Waals surface area contributed by atoms with E-state index in [1.54, 1.807) is 0 Å². The molecule has 0 aliphatic heterocycles. The minimum atomic E-state index is -1.07. The number of ether oxygens (including phenoxy) is 1. The van der Waals surface area contributed by atoms with E-state index in [0.717, 1.165) is 51.8 Å². The summed E-state index contributed by atoms with van der Waals surface area (Å²) in [4.78, 5) is 19.5. The maximum Gasteiger partial charge on any atom is 0.337 e. The monoisotopic (exact) mass is 502 g/mol. The SMILES string of the molecule is CCCCOC(C(=O)O)c1c(C)cc2nc(CN(C)c3ccccc3)ccc2c1-c1ccc(Cl)cc1. The molecule has 1 heterocycles. The molecule has 0 aliphatic rings. The van der Waals surface area contributed by atoms with E-state index < -0.39 is 12.1 Å².